The summed E-state index contributed by atoms with van der Waals surface area (Å²) in [6.45, 7) is 6.72. The summed E-state index contributed by atoms with van der Waals surface area (Å²) in [5.41, 5.74) is 6.84. The summed E-state index contributed by atoms with van der Waals surface area (Å²) in [5, 5.41) is 13.9. The van der Waals surface area contributed by atoms with Gasteiger partial charge in [0.2, 0.25) is 18.4 Å². The fraction of sp³-hybridized carbons (Fsp3) is 0.412. The number of carbonyl (C=O) groups is 2. The van der Waals surface area contributed by atoms with Crippen molar-refractivity contribution in [1.82, 2.24) is 4.90 Å². The molecule has 228 valence electrons. The number of carboxylic acid groups (broad SMARTS) is 1. The predicted molar refractivity (Wildman–Crippen MR) is 167 cm³/mol. The molecule has 2 N–H and O–H groups in total. The minimum Gasteiger partial charge on any atom is -0.493 e. The maximum atomic E-state index is 13.7. The molecule has 0 saturated carbocycles. The van der Waals surface area contributed by atoms with Crippen LogP contribution in [0, 0.1) is 12.8 Å². The van der Waals surface area contributed by atoms with Crippen LogP contribution in [0.2, 0.25) is 0 Å². The molecule has 1 unspecified atom stereocenters. The number of rotatable bonds is 10. The predicted octanol–water partition coefficient (Wildman–Crippen LogP) is 5.40. The lowest BCUT2D eigenvalue weighted by molar-refractivity contribution is -0.143. The summed E-state index contributed by atoms with van der Waals surface area (Å²) in [6.07, 6.45) is 1.59. The Balaban J connectivity index is 1.53. The van der Waals surface area contributed by atoms with Crippen molar-refractivity contribution in [1.29, 1.82) is 0 Å². The maximum Gasteiger partial charge on any atom is 0.309 e. The number of methoxy groups -OCH3 is 1. The molecule has 1 saturated heterocycles. The van der Waals surface area contributed by atoms with Crippen molar-refractivity contribution >= 4 is 23.3 Å². The zero-order chi connectivity index (χ0) is 30.8. The van der Waals surface area contributed by atoms with Gasteiger partial charge in [-0.2, -0.15) is 0 Å². The molecule has 9 nitrogen and oxygen atoms in total. The molecule has 43 heavy (non-hydrogen) atoms. The van der Waals surface area contributed by atoms with E-state index in [0.717, 1.165) is 46.5 Å². The fourth-order valence-corrected chi connectivity index (χ4v) is 6.49. The van der Waals surface area contributed by atoms with Gasteiger partial charge in [-0.1, -0.05) is 43.7 Å². The number of anilines is 2. The van der Waals surface area contributed by atoms with Crippen molar-refractivity contribution in [2.75, 3.05) is 51.3 Å². The van der Waals surface area contributed by atoms with Crippen LogP contribution in [0.1, 0.15) is 53.6 Å². The first-order valence-corrected chi connectivity index (χ1v) is 14.8. The Morgan fingerprint density at radius 2 is 1.70 bits per heavy atom. The number of nitrogens with zero attached hydrogens (tertiary/aromatic N) is 2. The van der Waals surface area contributed by atoms with E-state index >= 15 is 0 Å². The molecular weight excluding hydrogens is 546 g/mol. The summed E-state index contributed by atoms with van der Waals surface area (Å²) in [7, 11) is 5.48. The van der Waals surface area contributed by atoms with Crippen molar-refractivity contribution < 1.29 is 28.9 Å². The Kier molecular flexibility index (Phi) is 8.82. The molecule has 0 spiro atoms. The van der Waals surface area contributed by atoms with E-state index in [1.807, 2.05) is 60.3 Å². The number of benzene rings is 3. The van der Waals surface area contributed by atoms with Gasteiger partial charge in [0, 0.05) is 44.0 Å². The number of hydrogen-bond acceptors (Lipinski definition) is 7. The van der Waals surface area contributed by atoms with Crippen LogP contribution in [0.4, 0.5) is 11.4 Å². The Morgan fingerprint density at radius 3 is 2.28 bits per heavy atom. The number of fused-ring (bicyclic) bond motifs is 1. The first-order valence-electron chi connectivity index (χ1n) is 14.8. The summed E-state index contributed by atoms with van der Waals surface area (Å²) in [6, 6.07) is 15.3. The summed E-state index contributed by atoms with van der Waals surface area (Å²) >= 11 is 0. The zero-order valence-electron chi connectivity index (χ0n) is 25.8. The number of aryl methyl sites for hydroxylation is 3. The highest BCUT2D eigenvalue weighted by Crippen LogP contribution is 2.50. The van der Waals surface area contributed by atoms with Gasteiger partial charge >= 0.3 is 5.97 Å². The highest BCUT2D eigenvalue weighted by atomic mass is 16.7. The Hall–Kier alpha value is -4.24. The number of carbonyl (C=O) groups excluding carboxylic acids is 1. The minimum absolute atomic E-state index is 0.0439. The molecular formula is C34H41N3O6. The topological polar surface area (TPSA) is 101 Å². The van der Waals surface area contributed by atoms with Crippen LogP contribution in [0.25, 0.3) is 0 Å². The second-order valence-corrected chi connectivity index (χ2v) is 11.5. The lowest BCUT2D eigenvalue weighted by Crippen LogP contribution is -2.35. The number of nitrogens with one attached hydrogen (secondary N) is 1. The molecule has 0 aromatic heterocycles. The lowest BCUT2D eigenvalue weighted by Gasteiger charge is -2.27. The van der Waals surface area contributed by atoms with Gasteiger partial charge in [0.25, 0.3) is 0 Å². The monoisotopic (exact) mass is 587 g/mol. The molecule has 2 aliphatic rings. The van der Waals surface area contributed by atoms with E-state index in [2.05, 4.69) is 38.2 Å². The van der Waals surface area contributed by atoms with Crippen LogP contribution < -0.4 is 24.4 Å². The van der Waals surface area contributed by atoms with E-state index in [9.17, 15) is 14.7 Å². The third kappa shape index (κ3) is 5.99. The van der Waals surface area contributed by atoms with E-state index in [4.69, 9.17) is 14.2 Å². The van der Waals surface area contributed by atoms with Crippen LogP contribution >= 0.6 is 0 Å². The van der Waals surface area contributed by atoms with Gasteiger partial charge in [0.05, 0.1) is 19.6 Å². The SMILES string of the molecule is CCc1cc(C)cc(CC)c1NC(=O)CN1C[C@H](c2cc(OC)c3c(c2)OCO3)C(C(=O)O)[C@@H]1c1ccc(N(C)C)cc1. The first kappa shape index (κ1) is 30.2. The standard InChI is InChI=1S/C34H41N3O6/c1-7-21-13-20(3)14-22(8-2)31(21)35-29(38)18-37-17-26(24-15-27(41-6)33-28(16-24)42-19-43-33)30(34(39)40)32(37)23-9-11-25(12-10-23)36(4)5/h9-16,26,30,32H,7-8,17-19H2,1-6H3,(H,35,38)(H,39,40)/t26-,30?,32+/m1/s1. The first-order chi connectivity index (χ1) is 20.6. The van der Waals surface area contributed by atoms with Crippen molar-refractivity contribution in [2.24, 2.45) is 5.92 Å². The van der Waals surface area contributed by atoms with Gasteiger partial charge in [-0.15, -0.1) is 0 Å². The number of aliphatic carboxylic acids is 1. The van der Waals surface area contributed by atoms with Gasteiger partial charge in [-0.3, -0.25) is 14.5 Å². The van der Waals surface area contributed by atoms with Gasteiger partial charge in [0.1, 0.15) is 0 Å². The van der Waals surface area contributed by atoms with Gasteiger partial charge in [-0.05, 0) is 66.3 Å². The maximum absolute atomic E-state index is 13.7. The van der Waals surface area contributed by atoms with Gasteiger partial charge in [-0.25, -0.2) is 0 Å². The highest BCUT2D eigenvalue weighted by Gasteiger charge is 2.48. The normalized spacial score (nSPS) is 19.3. The zero-order valence-corrected chi connectivity index (χ0v) is 25.8. The average Bonchev–Trinajstić information content (AvgIpc) is 3.62. The summed E-state index contributed by atoms with van der Waals surface area (Å²) in [4.78, 5) is 30.7. The molecule has 0 bridgehead atoms. The summed E-state index contributed by atoms with van der Waals surface area (Å²) < 4.78 is 16.8. The fourth-order valence-electron chi connectivity index (χ4n) is 6.49. The van der Waals surface area contributed by atoms with Crippen LogP contribution in [0.15, 0.2) is 48.5 Å². The van der Waals surface area contributed by atoms with E-state index in [-0.39, 0.29) is 19.2 Å². The Bertz CT molecular complexity index is 1480. The quantitative estimate of drug-likeness (QED) is 0.325. The molecule has 2 heterocycles. The van der Waals surface area contributed by atoms with Gasteiger partial charge in [0.15, 0.2) is 11.5 Å². The Morgan fingerprint density at radius 1 is 1.02 bits per heavy atom. The second kappa shape index (κ2) is 12.6. The molecule has 1 fully saturated rings. The molecule has 3 aromatic rings. The van der Waals surface area contributed by atoms with E-state index in [1.165, 1.54) is 5.56 Å². The molecule has 3 aromatic carbocycles. The third-order valence-electron chi connectivity index (χ3n) is 8.56. The molecule has 0 radical (unpaired) electrons. The molecule has 3 atom stereocenters. The Labute approximate surface area is 253 Å². The average molecular weight is 588 g/mol. The van der Waals surface area contributed by atoms with Gasteiger partial charge < -0.3 is 29.5 Å². The largest absolute Gasteiger partial charge is 0.493 e. The van der Waals surface area contributed by atoms with E-state index in [1.54, 1.807) is 7.11 Å². The molecule has 1 amide bonds. The second-order valence-electron chi connectivity index (χ2n) is 11.5. The van der Waals surface area contributed by atoms with Crippen LogP contribution in [-0.4, -0.2) is 63.0 Å². The minimum atomic E-state index is -0.925. The van der Waals surface area contributed by atoms with E-state index in [0.29, 0.717) is 23.8 Å². The van der Waals surface area contributed by atoms with Crippen molar-refractivity contribution in [2.45, 2.75) is 45.6 Å². The number of hydrogen-bond donors (Lipinski definition) is 2. The number of carboxylic acids is 1. The molecule has 2 aliphatic heterocycles. The van der Waals surface area contributed by atoms with Crippen LogP contribution in [0.3, 0.4) is 0 Å². The van der Waals surface area contributed by atoms with Crippen molar-refractivity contribution in [3.05, 3.63) is 76.3 Å². The van der Waals surface area contributed by atoms with Crippen molar-refractivity contribution in [3.63, 3.8) is 0 Å². The summed E-state index contributed by atoms with van der Waals surface area (Å²) in [5.74, 6) is -0.804. The molecule has 9 heteroatoms. The smallest absolute Gasteiger partial charge is 0.309 e. The number of amides is 1. The lowest BCUT2D eigenvalue weighted by atomic mass is 9.82. The highest BCUT2D eigenvalue weighted by molar-refractivity contribution is 5.94. The van der Waals surface area contributed by atoms with Crippen LogP contribution in [-0.2, 0) is 22.4 Å². The molecule has 5 rings (SSSR count). The van der Waals surface area contributed by atoms with E-state index < -0.39 is 23.8 Å². The number of likely N-dealkylation sites (tertiary alicyclic amines) is 1. The third-order valence-corrected chi connectivity index (χ3v) is 8.56. The van der Waals surface area contributed by atoms with Crippen molar-refractivity contribution in [3.8, 4) is 17.2 Å². The molecule has 0 aliphatic carbocycles. The number of ether oxygens (including phenoxy) is 3. The van der Waals surface area contributed by atoms with Crippen LogP contribution in [0.5, 0.6) is 17.2 Å².